The number of aliphatic carboxylic acids is 3. The lowest BCUT2D eigenvalue weighted by atomic mass is 9.96. The van der Waals surface area contributed by atoms with Gasteiger partial charge in [-0.1, -0.05) is 12.1 Å². The average Bonchev–Trinajstić information content (AvgIpc) is 3.16. The number of aliphatic hydroxyl groups excluding tert-OH is 1. The van der Waals surface area contributed by atoms with Crippen molar-refractivity contribution in [2.45, 2.75) is 37.4 Å². The Labute approximate surface area is 194 Å². The van der Waals surface area contributed by atoms with Crippen LogP contribution in [0.3, 0.4) is 0 Å². The van der Waals surface area contributed by atoms with Crippen LogP contribution in [-0.2, 0) is 25.5 Å². The number of carboxylic acid groups (broad SMARTS) is 3. The van der Waals surface area contributed by atoms with Gasteiger partial charge in [-0.05, 0) is 41.3 Å². The summed E-state index contributed by atoms with van der Waals surface area (Å²) in [6.45, 7) is 4.31. The molecule has 1 aliphatic rings. The molecule has 1 saturated heterocycles. The molecule has 182 valence electrons. The molecule has 0 amide bonds. The molecule has 0 saturated carbocycles. The van der Waals surface area contributed by atoms with Gasteiger partial charge in [-0.3, -0.25) is 14.5 Å². The molecule has 1 aromatic carbocycles. The summed E-state index contributed by atoms with van der Waals surface area (Å²) in [5.74, 6) is -5.02. The molecular formula is C22H29NO9S. The van der Waals surface area contributed by atoms with E-state index in [1.165, 1.54) is 15.6 Å². The molecule has 2 heterocycles. The number of carboxylic acids is 3. The van der Waals surface area contributed by atoms with Gasteiger partial charge in [0.1, 0.15) is 0 Å². The lowest BCUT2D eigenvalue weighted by Gasteiger charge is -2.35. The summed E-state index contributed by atoms with van der Waals surface area (Å²) in [7, 11) is 0. The van der Waals surface area contributed by atoms with E-state index in [1.807, 2.05) is 0 Å². The largest absolute Gasteiger partial charge is 0.481 e. The quantitative estimate of drug-likeness (QED) is 0.278. The molecule has 2 aromatic rings. The van der Waals surface area contributed by atoms with Crippen molar-refractivity contribution in [2.24, 2.45) is 0 Å². The number of benzene rings is 1. The standard InChI is InChI=1S/C16H21NO2S.C6H8O7/c18-15-11-17(12-15)6-1-7-19-8-4-13-2-3-16-14(10-13)5-9-20-16;7-3(8)1-6(13,5(11)12)2-4(9)10/h2-3,5,9-10,15,18H,1,4,6-8,11-12H2;13H,1-2H2,(H,7,8)(H,9,10)(H,11,12). The van der Waals surface area contributed by atoms with Crippen molar-refractivity contribution in [3.8, 4) is 0 Å². The number of carbonyl (C=O) groups is 3. The zero-order chi connectivity index (χ0) is 24.4. The smallest absolute Gasteiger partial charge is 0.336 e. The lowest BCUT2D eigenvalue weighted by Crippen LogP contribution is -2.50. The van der Waals surface area contributed by atoms with E-state index in [0.717, 1.165) is 45.7 Å². The zero-order valence-corrected chi connectivity index (χ0v) is 18.9. The number of hydrogen-bond donors (Lipinski definition) is 5. The van der Waals surface area contributed by atoms with Gasteiger partial charge in [-0.2, -0.15) is 0 Å². The molecule has 1 aromatic heterocycles. The third-order valence-corrected chi connectivity index (χ3v) is 5.94. The molecule has 0 radical (unpaired) electrons. The van der Waals surface area contributed by atoms with Crippen LogP contribution in [0.5, 0.6) is 0 Å². The number of ether oxygens (including phenoxy) is 1. The summed E-state index contributed by atoms with van der Waals surface area (Å²) < 4.78 is 7.04. The number of β-amino-alcohol motifs (C(OH)–C–C–N with tert-alkyl or cyclic N) is 1. The van der Waals surface area contributed by atoms with Crippen LogP contribution in [-0.4, -0.2) is 92.9 Å². The summed E-state index contributed by atoms with van der Waals surface area (Å²) in [5.41, 5.74) is -1.39. The Hall–Kier alpha value is -2.57. The molecule has 0 spiro atoms. The van der Waals surface area contributed by atoms with Crippen LogP contribution in [0.4, 0.5) is 0 Å². The Morgan fingerprint density at radius 2 is 1.73 bits per heavy atom. The lowest BCUT2D eigenvalue weighted by molar-refractivity contribution is -0.170. The maximum atomic E-state index is 10.3. The van der Waals surface area contributed by atoms with E-state index in [9.17, 15) is 19.5 Å². The highest BCUT2D eigenvalue weighted by atomic mass is 32.1. The predicted octanol–water partition coefficient (Wildman–Crippen LogP) is 1.28. The van der Waals surface area contributed by atoms with Crippen LogP contribution >= 0.6 is 11.3 Å². The van der Waals surface area contributed by atoms with Crippen LogP contribution < -0.4 is 0 Å². The van der Waals surface area contributed by atoms with Gasteiger partial charge < -0.3 is 30.3 Å². The van der Waals surface area contributed by atoms with Crippen LogP contribution in [0.25, 0.3) is 10.1 Å². The third-order valence-electron chi connectivity index (χ3n) is 5.04. The van der Waals surface area contributed by atoms with E-state index in [4.69, 9.17) is 25.2 Å². The molecule has 0 aliphatic carbocycles. The van der Waals surface area contributed by atoms with Crippen molar-refractivity contribution in [1.82, 2.24) is 4.90 Å². The Kier molecular flexibility index (Phi) is 10.2. The highest BCUT2D eigenvalue weighted by Crippen LogP contribution is 2.22. The average molecular weight is 484 g/mol. The summed E-state index contributed by atoms with van der Waals surface area (Å²) in [5, 5.41) is 46.5. The number of nitrogens with zero attached hydrogens (tertiary/aromatic N) is 1. The Bertz CT molecular complexity index is 923. The fourth-order valence-corrected chi connectivity index (χ4v) is 4.06. The number of hydrogen-bond acceptors (Lipinski definition) is 8. The first-order valence-corrected chi connectivity index (χ1v) is 11.3. The van der Waals surface area contributed by atoms with E-state index in [-0.39, 0.29) is 6.10 Å². The van der Waals surface area contributed by atoms with Crippen LogP contribution in [0.2, 0.25) is 0 Å². The van der Waals surface area contributed by atoms with E-state index < -0.39 is 36.4 Å². The van der Waals surface area contributed by atoms with E-state index in [1.54, 1.807) is 11.3 Å². The first-order valence-electron chi connectivity index (χ1n) is 10.4. The number of thiophene rings is 1. The molecular weight excluding hydrogens is 454 g/mol. The van der Waals surface area contributed by atoms with Gasteiger partial charge >= 0.3 is 17.9 Å². The van der Waals surface area contributed by atoms with Crippen molar-refractivity contribution in [1.29, 1.82) is 0 Å². The van der Waals surface area contributed by atoms with Crippen molar-refractivity contribution < 1.29 is 44.7 Å². The fraction of sp³-hybridized carbons (Fsp3) is 0.500. The highest BCUT2D eigenvalue weighted by Gasteiger charge is 2.40. The van der Waals surface area contributed by atoms with E-state index in [2.05, 4.69) is 34.5 Å². The number of rotatable bonds is 12. The van der Waals surface area contributed by atoms with E-state index >= 15 is 0 Å². The minimum absolute atomic E-state index is 0.0945. The molecule has 5 N–H and O–H groups in total. The molecule has 10 nitrogen and oxygen atoms in total. The SMILES string of the molecule is O=C(O)CC(O)(CC(=O)O)C(=O)O.OC1CN(CCCOCCc2ccc3sccc3c2)C1. The van der Waals surface area contributed by atoms with Gasteiger partial charge in [0.25, 0.3) is 0 Å². The zero-order valence-electron chi connectivity index (χ0n) is 18.1. The summed E-state index contributed by atoms with van der Waals surface area (Å²) in [4.78, 5) is 32.7. The molecule has 0 bridgehead atoms. The minimum atomic E-state index is -2.74. The summed E-state index contributed by atoms with van der Waals surface area (Å²) in [6.07, 6.45) is -0.351. The predicted molar refractivity (Wildman–Crippen MR) is 121 cm³/mol. The first-order chi connectivity index (χ1) is 15.6. The van der Waals surface area contributed by atoms with Gasteiger partial charge in [-0.15, -0.1) is 11.3 Å². The molecule has 3 rings (SSSR count). The minimum Gasteiger partial charge on any atom is -0.481 e. The first kappa shape index (κ1) is 26.7. The maximum Gasteiger partial charge on any atom is 0.336 e. The van der Waals surface area contributed by atoms with Gasteiger partial charge in [-0.25, -0.2) is 4.79 Å². The van der Waals surface area contributed by atoms with Gasteiger partial charge in [0.05, 0.1) is 25.6 Å². The van der Waals surface area contributed by atoms with Crippen molar-refractivity contribution in [3.05, 3.63) is 35.2 Å². The monoisotopic (exact) mass is 483 g/mol. The van der Waals surface area contributed by atoms with Gasteiger partial charge in [0.2, 0.25) is 0 Å². The molecule has 1 fully saturated rings. The molecule has 33 heavy (non-hydrogen) atoms. The van der Waals surface area contributed by atoms with Crippen molar-refractivity contribution in [3.63, 3.8) is 0 Å². The molecule has 0 atom stereocenters. The Morgan fingerprint density at radius 3 is 2.30 bits per heavy atom. The van der Waals surface area contributed by atoms with E-state index in [0.29, 0.717) is 0 Å². The van der Waals surface area contributed by atoms with Crippen LogP contribution in [0.15, 0.2) is 29.6 Å². The molecule has 11 heteroatoms. The summed E-state index contributed by atoms with van der Waals surface area (Å²) >= 11 is 1.79. The third kappa shape index (κ3) is 9.06. The highest BCUT2D eigenvalue weighted by molar-refractivity contribution is 7.17. The Balaban J connectivity index is 0.000000260. The second kappa shape index (κ2) is 12.6. The number of aliphatic hydroxyl groups is 2. The maximum absolute atomic E-state index is 10.3. The second-order valence-corrected chi connectivity index (χ2v) is 8.85. The summed E-state index contributed by atoms with van der Waals surface area (Å²) in [6, 6.07) is 8.83. The van der Waals surface area contributed by atoms with Crippen LogP contribution in [0, 0.1) is 0 Å². The van der Waals surface area contributed by atoms with Crippen molar-refractivity contribution in [2.75, 3.05) is 32.8 Å². The molecule has 1 aliphatic heterocycles. The molecule has 0 unspecified atom stereocenters. The number of fused-ring (bicyclic) bond motifs is 1. The van der Waals surface area contributed by atoms with Gasteiger partial charge in [0, 0.05) is 30.9 Å². The van der Waals surface area contributed by atoms with Crippen LogP contribution in [0.1, 0.15) is 24.8 Å². The Morgan fingerprint density at radius 1 is 1.06 bits per heavy atom. The second-order valence-electron chi connectivity index (χ2n) is 7.90. The fourth-order valence-electron chi connectivity index (χ4n) is 3.29. The van der Waals surface area contributed by atoms with Crippen molar-refractivity contribution >= 4 is 39.3 Å². The normalized spacial score (nSPS) is 14.4. The van der Waals surface area contributed by atoms with Gasteiger partial charge in [0.15, 0.2) is 5.60 Å². The topological polar surface area (TPSA) is 165 Å². The number of likely N-dealkylation sites (tertiary alicyclic amines) is 1.